The second kappa shape index (κ2) is 7.83. The third-order valence-corrected chi connectivity index (χ3v) is 2.50. The Labute approximate surface area is 118 Å². The molecule has 2 atom stereocenters. The number of carbonyl (C=O) groups excluding carboxylic acids is 1. The average molecular weight is 272 g/mol. The summed E-state index contributed by atoms with van der Waals surface area (Å²) in [7, 11) is 1.50. The van der Waals surface area contributed by atoms with Crippen molar-refractivity contribution in [1.82, 2.24) is 5.32 Å². The van der Waals surface area contributed by atoms with E-state index in [2.05, 4.69) is 11.2 Å². The molecule has 5 heteroatoms. The topological polar surface area (TPSA) is 71.3 Å². The third kappa shape index (κ3) is 4.64. The van der Waals surface area contributed by atoms with Crippen LogP contribution in [0.3, 0.4) is 0 Å². The average Bonchev–Trinajstić information content (AvgIpc) is 2.46. The van der Waals surface area contributed by atoms with Crippen LogP contribution in [-0.4, -0.2) is 31.8 Å². The van der Waals surface area contributed by atoms with Gasteiger partial charge in [-0.15, -0.1) is 6.42 Å². The monoisotopic (exact) mass is 272 g/mol. The summed E-state index contributed by atoms with van der Waals surface area (Å²) in [5, 5.41) is 11.4. The molecule has 0 heterocycles. The molecule has 1 aromatic carbocycles. The number of ether oxygens (including phenoxy) is 2. The molecule has 2 unspecified atom stereocenters. The molecule has 0 aliphatic carbocycles. The highest BCUT2D eigenvalue weighted by molar-refractivity contribution is 5.81. The lowest BCUT2D eigenvalue weighted by Crippen LogP contribution is -2.43. The van der Waals surface area contributed by atoms with Crippen LogP contribution in [0.15, 0.2) is 24.3 Å². The Morgan fingerprint density at radius 2 is 2.30 bits per heavy atom. The Morgan fingerprint density at radius 1 is 1.55 bits per heavy atom. The Morgan fingerprint density at radius 3 is 2.90 bits per heavy atom. The SMILES string of the molecule is C#CC(COC)NC(=O)C(C)Oc1cccc(C#N)c1. The Kier molecular flexibility index (Phi) is 6.09. The van der Waals surface area contributed by atoms with E-state index in [4.69, 9.17) is 21.2 Å². The highest BCUT2D eigenvalue weighted by atomic mass is 16.5. The van der Waals surface area contributed by atoms with E-state index in [1.807, 2.05) is 6.07 Å². The van der Waals surface area contributed by atoms with Gasteiger partial charge in [0.2, 0.25) is 0 Å². The molecule has 0 bridgehead atoms. The van der Waals surface area contributed by atoms with Crippen LogP contribution in [-0.2, 0) is 9.53 Å². The van der Waals surface area contributed by atoms with E-state index >= 15 is 0 Å². The maximum atomic E-state index is 11.9. The predicted molar refractivity (Wildman–Crippen MR) is 73.9 cm³/mol. The largest absolute Gasteiger partial charge is 0.481 e. The van der Waals surface area contributed by atoms with Crippen molar-refractivity contribution in [2.75, 3.05) is 13.7 Å². The molecule has 0 aliphatic rings. The molecule has 104 valence electrons. The fourth-order valence-electron chi connectivity index (χ4n) is 1.48. The van der Waals surface area contributed by atoms with Gasteiger partial charge in [0.25, 0.3) is 5.91 Å². The Balaban J connectivity index is 2.61. The fourth-order valence-corrected chi connectivity index (χ4v) is 1.48. The van der Waals surface area contributed by atoms with Crippen LogP contribution >= 0.6 is 0 Å². The van der Waals surface area contributed by atoms with Gasteiger partial charge in [0.15, 0.2) is 6.10 Å². The van der Waals surface area contributed by atoms with Gasteiger partial charge in [-0.3, -0.25) is 4.79 Å². The first-order valence-corrected chi connectivity index (χ1v) is 6.03. The summed E-state index contributed by atoms with van der Waals surface area (Å²) in [6.45, 7) is 1.84. The molecule has 1 amide bonds. The van der Waals surface area contributed by atoms with Gasteiger partial charge in [0, 0.05) is 7.11 Å². The van der Waals surface area contributed by atoms with Gasteiger partial charge in [-0.25, -0.2) is 0 Å². The highest BCUT2D eigenvalue weighted by Gasteiger charge is 2.17. The molecule has 0 fully saturated rings. The first-order valence-electron chi connectivity index (χ1n) is 6.03. The van der Waals surface area contributed by atoms with Crippen LogP contribution in [0.4, 0.5) is 0 Å². The second-order valence-electron chi connectivity index (χ2n) is 4.08. The number of carbonyl (C=O) groups is 1. The lowest BCUT2D eigenvalue weighted by molar-refractivity contribution is -0.127. The zero-order valence-electron chi connectivity index (χ0n) is 11.4. The summed E-state index contributed by atoms with van der Waals surface area (Å²) >= 11 is 0. The Bertz CT molecular complexity index is 543. The predicted octanol–water partition coefficient (Wildman–Crippen LogP) is 1.09. The van der Waals surface area contributed by atoms with Crippen molar-refractivity contribution in [3.8, 4) is 24.2 Å². The van der Waals surface area contributed by atoms with Gasteiger partial charge in [-0.2, -0.15) is 5.26 Å². The molecular weight excluding hydrogens is 256 g/mol. The molecule has 1 rings (SSSR count). The van der Waals surface area contributed by atoms with Crippen LogP contribution in [0.5, 0.6) is 5.75 Å². The molecule has 0 saturated carbocycles. The molecule has 1 aromatic rings. The molecule has 0 radical (unpaired) electrons. The van der Waals surface area contributed by atoms with Crippen LogP contribution in [0.2, 0.25) is 0 Å². The normalized spacial score (nSPS) is 12.6. The number of hydrogen-bond donors (Lipinski definition) is 1. The summed E-state index contributed by atoms with van der Waals surface area (Å²) in [6.07, 6.45) is 4.55. The molecule has 0 aliphatic heterocycles. The van der Waals surface area contributed by atoms with Gasteiger partial charge in [0.05, 0.1) is 18.2 Å². The molecule has 5 nitrogen and oxygen atoms in total. The summed E-state index contributed by atoms with van der Waals surface area (Å²) in [5.41, 5.74) is 0.469. The molecule has 1 N–H and O–H groups in total. The van der Waals surface area contributed by atoms with E-state index in [1.165, 1.54) is 7.11 Å². The Hall–Kier alpha value is -2.50. The van der Waals surface area contributed by atoms with Crippen molar-refractivity contribution < 1.29 is 14.3 Å². The van der Waals surface area contributed by atoms with Crippen molar-refractivity contribution in [3.05, 3.63) is 29.8 Å². The minimum Gasteiger partial charge on any atom is -0.481 e. The molecule has 0 saturated heterocycles. The number of benzene rings is 1. The second-order valence-corrected chi connectivity index (χ2v) is 4.08. The third-order valence-electron chi connectivity index (χ3n) is 2.50. The number of methoxy groups -OCH3 is 1. The smallest absolute Gasteiger partial charge is 0.261 e. The number of nitriles is 1. The number of nitrogens with zero attached hydrogens (tertiary/aromatic N) is 1. The van der Waals surface area contributed by atoms with Gasteiger partial charge in [-0.05, 0) is 25.1 Å². The number of terminal acetylenes is 1. The number of nitrogens with one attached hydrogen (secondary N) is 1. The fraction of sp³-hybridized carbons (Fsp3) is 0.333. The van der Waals surface area contributed by atoms with Crippen LogP contribution in [0, 0.1) is 23.7 Å². The summed E-state index contributed by atoms with van der Waals surface area (Å²) in [4.78, 5) is 11.9. The zero-order valence-corrected chi connectivity index (χ0v) is 11.4. The number of amides is 1. The molecule has 0 aromatic heterocycles. The van der Waals surface area contributed by atoms with E-state index in [0.29, 0.717) is 11.3 Å². The first-order chi connectivity index (χ1) is 9.60. The van der Waals surface area contributed by atoms with Crippen molar-refractivity contribution in [2.24, 2.45) is 0 Å². The van der Waals surface area contributed by atoms with Crippen LogP contribution in [0.1, 0.15) is 12.5 Å². The van der Waals surface area contributed by atoms with Crippen molar-refractivity contribution in [1.29, 1.82) is 5.26 Å². The number of hydrogen-bond acceptors (Lipinski definition) is 4. The maximum Gasteiger partial charge on any atom is 0.261 e. The van der Waals surface area contributed by atoms with E-state index in [0.717, 1.165) is 0 Å². The molecular formula is C15H16N2O3. The van der Waals surface area contributed by atoms with Crippen molar-refractivity contribution >= 4 is 5.91 Å². The standard InChI is InChI=1S/C15H16N2O3/c1-4-13(10-19-3)17-15(18)11(2)20-14-7-5-6-12(8-14)9-16/h1,5-8,11,13H,10H2,2-3H3,(H,17,18). The van der Waals surface area contributed by atoms with Crippen molar-refractivity contribution in [3.63, 3.8) is 0 Å². The summed E-state index contributed by atoms with van der Waals surface area (Å²) in [5.74, 6) is 2.53. The first kappa shape index (κ1) is 15.6. The quantitative estimate of drug-likeness (QED) is 0.787. The molecule has 20 heavy (non-hydrogen) atoms. The van der Waals surface area contributed by atoms with Gasteiger partial charge >= 0.3 is 0 Å². The van der Waals surface area contributed by atoms with E-state index < -0.39 is 12.1 Å². The van der Waals surface area contributed by atoms with Gasteiger partial charge in [0.1, 0.15) is 11.8 Å². The zero-order chi connectivity index (χ0) is 15.0. The number of rotatable bonds is 6. The van der Waals surface area contributed by atoms with E-state index in [1.54, 1.807) is 31.2 Å². The minimum absolute atomic E-state index is 0.235. The minimum atomic E-state index is -0.725. The van der Waals surface area contributed by atoms with Crippen LogP contribution < -0.4 is 10.1 Å². The van der Waals surface area contributed by atoms with Gasteiger partial charge < -0.3 is 14.8 Å². The van der Waals surface area contributed by atoms with Crippen molar-refractivity contribution in [2.45, 2.75) is 19.1 Å². The lowest BCUT2D eigenvalue weighted by Gasteiger charge is -2.17. The lowest BCUT2D eigenvalue weighted by atomic mass is 10.2. The highest BCUT2D eigenvalue weighted by Crippen LogP contribution is 2.14. The maximum absolute atomic E-state index is 11.9. The van der Waals surface area contributed by atoms with E-state index in [-0.39, 0.29) is 12.5 Å². The van der Waals surface area contributed by atoms with Gasteiger partial charge in [-0.1, -0.05) is 12.0 Å². The summed E-state index contributed by atoms with van der Waals surface area (Å²) < 4.78 is 10.4. The summed E-state index contributed by atoms with van der Waals surface area (Å²) in [6, 6.07) is 8.10. The molecule has 0 spiro atoms. The van der Waals surface area contributed by atoms with Crippen LogP contribution in [0.25, 0.3) is 0 Å². The van der Waals surface area contributed by atoms with E-state index in [9.17, 15) is 4.79 Å².